The van der Waals surface area contributed by atoms with Gasteiger partial charge >= 0.3 is 12.1 Å². The number of amides is 3. The number of carbonyl (C=O) groups excluding carboxylic acids is 3. The zero-order valence-corrected chi connectivity index (χ0v) is 18.2. The molecule has 2 aliphatic heterocycles. The molecule has 12 heteroatoms. The van der Waals surface area contributed by atoms with Crippen molar-refractivity contribution in [3.8, 4) is 5.75 Å². The molecule has 0 aliphatic carbocycles. The molecule has 4 N–H and O–H groups in total. The van der Waals surface area contributed by atoms with Crippen LogP contribution in [0.3, 0.4) is 0 Å². The molecular weight excluding hydrogens is 442 g/mol. The first-order valence-corrected chi connectivity index (χ1v) is 10.7. The van der Waals surface area contributed by atoms with Crippen LogP contribution in [0, 0.1) is 0 Å². The average Bonchev–Trinajstić information content (AvgIpc) is 2.75. The number of carbonyl (C=O) groups is 4. The lowest BCUT2D eigenvalue weighted by atomic mass is 9.97. The van der Waals surface area contributed by atoms with Crippen molar-refractivity contribution in [1.29, 1.82) is 0 Å². The number of ether oxygens (including phenoxy) is 3. The minimum Gasteiger partial charge on any atom is -0.484 e. The molecule has 0 radical (unpaired) electrons. The van der Waals surface area contributed by atoms with Crippen LogP contribution in [0.5, 0.6) is 5.75 Å². The number of carboxylic acid groups (broad SMARTS) is 1. The Balaban J connectivity index is 1.80. The molecule has 3 rings (SSSR count). The first-order valence-electron chi connectivity index (χ1n) is 9.65. The Kier molecular flexibility index (Phi) is 6.94. The smallest absolute Gasteiger partial charge is 0.404 e. The highest BCUT2D eigenvalue weighted by Gasteiger charge is 2.67. The van der Waals surface area contributed by atoms with Crippen molar-refractivity contribution in [2.45, 2.75) is 31.1 Å². The summed E-state index contributed by atoms with van der Waals surface area (Å²) in [6.45, 7) is 2.66. The van der Waals surface area contributed by atoms with E-state index >= 15 is 0 Å². The van der Waals surface area contributed by atoms with Crippen LogP contribution < -0.4 is 15.8 Å². The van der Waals surface area contributed by atoms with Crippen molar-refractivity contribution in [3.05, 3.63) is 41.6 Å². The largest absolute Gasteiger partial charge is 0.484 e. The third-order valence-electron chi connectivity index (χ3n) is 4.56. The van der Waals surface area contributed by atoms with Gasteiger partial charge in [-0.05, 0) is 26.0 Å². The van der Waals surface area contributed by atoms with Crippen LogP contribution in [0.4, 0.5) is 4.79 Å². The molecule has 1 unspecified atom stereocenters. The van der Waals surface area contributed by atoms with Crippen molar-refractivity contribution in [3.63, 3.8) is 0 Å². The number of thioether (sulfide) groups is 1. The summed E-state index contributed by atoms with van der Waals surface area (Å²) in [6.07, 6.45) is -1.51. The van der Waals surface area contributed by atoms with Gasteiger partial charge in [0.1, 0.15) is 23.4 Å². The van der Waals surface area contributed by atoms with Crippen LogP contribution in [-0.2, 0) is 23.9 Å². The Labute approximate surface area is 187 Å². The monoisotopic (exact) mass is 465 g/mol. The van der Waals surface area contributed by atoms with Crippen molar-refractivity contribution in [2.24, 2.45) is 5.73 Å². The van der Waals surface area contributed by atoms with E-state index in [0.717, 1.165) is 4.90 Å². The summed E-state index contributed by atoms with van der Waals surface area (Å²) in [7, 11) is 0. The highest BCUT2D eigenvalue weighted by Crippen LogP contribution is 2.47. The highest BCUT2D eigenvalue weighted by molar-refractivity contribution is 8.00. The first-order chi connectivity index (χ1) is 15.2. The lowest BCUT2D eigenvalue weighted by Crippen LogP contribution is -2.81. The summed E-state index contributed by atoms with van der Waals surface area (Å²) in [6, 6.07) is 8.67. The Morgan fingerprint density at radius 3 is 2.59 bits per heavy atom. The van der Waals surface area contributed by atoms with Crippen molar-refractivity contribution >= 4 is 35.6 Å². The number of hydrogen-bond acceptors (Lipinski definition) is 8. The second-order valence-corrected chi connectivity index (χ2v) is 8.32. The number of hydrogen-bond donors (Lipinski definition) is 3. The number of benzene rings is 1. The molecule has 2 atom stereocenters. The van der Waals surface area contributed by atoms with Gasteiger partial charge in [0, 0.05) is 11.3 Å². The maximum atomic E-state index is 13.2. The summed E-state index contributed by atoms with van der Waals surface area (Å²) in [5.74, 6) is -2.12. The lowest BCUT2D eigenvalue weighted by Gasteiger charge is -2.56. The molecule has 1 aromatic rings. The Morgan fingerprint density at radius 2 is 2.00 bits per heavy atom. The third-order valence-corrected chi connectivity index (χ3v) is 5.93. The summed E-state index contributed by atoms with van der Waals surface area (Å²) < 4.78 is 16.0. The van der Waals surface area contributed by atoms with Crippen molar-refractivity contribution in [2.75, 3.05) is 19.0 Å². The van der Waals surface area contributed by atoms with E-state index in [9.17, 15) is 24.3 Å². The van der Waals surface area contributed by atoms with Crippen LogP contribution in [0.2, 0.25) is 0 Å². The van der Waals surface area contributed by atoms with Crippen LogP contribution in [0.15, 0.2) is 41.6 Å². The fourth-order valence-electron chi connectivity index (χ4n) is 3.39. The van der Waals surface area contributed by atoms with Crippen LogP contribution in [0.1, 0.15) is 13.8 Å². The quantitative estimate of drug-likeness (QED) is 0.352. The number of β-lactam (4-membered cyclic amide) rings is 1. The van der Waals surface area contributed by atoms with Gasteiger partial charge in [-0.25, -0.2) is 9.59 Å². The molecule has 3 amide bonds. The molecule has 1 saturated heterocycles. The molecule has 172 valence electrons. The van der Waals surface area contributed by atoms with E-state index in [1.807, 2.05) is 0 Å². The fraction of sp³-hybridized carbons (Fsp3) is 0.400. The van der Waals surface area contributed by atoms with Crippen LogP contribution in [-0.4, -0.2) is 70.1 Å². The van der Waals surface area contributed by atoms with Gasteiger partial charge in [-0.1, -0.05) is 18.2 Å². The number of rotatable bonds is 9. The third kappa shape index (κ3) is 4.65. The van der Waals surface area contributed by atoms with E-state index in [1.165, 1.54) is 11.8 Å². The van der Waals surface area contributed by atoms with Gasteiger partial charge in [0.15, 0.2) is 6.61 Å². The molecule has 0 bridgehead atoms. The van der Waals surface area contributed by atoms with Gasteiger partial charge in [-0.15, -0.1) is 11.8 Å². The van der Waals surface area contributed by atoms with Crippen LogP contribution in [0.25, 0.3) is 0 Å². The van der Waals surface area contributed by atoms with Gasteiger partial charge in [0.25, 0.3) is 17.5 Å². The molecule has 0 spiro atoms. The highest BCUT2D eigenvalue weighted by atomic mass is 32.2. The van der Waals surface area contributed by atoms with E-state index in [1.54, 1.807) is 44.2 Å². The number of primary amides is 1. The maximum Gasteiger partial charge on any atom is 0.404 e. The van der Waals surface area contributed by atoms with Crippen molar-refractivity contribution < 1.29 is 38.5 Å². The van der Waals surface area contributed by atoms with Crippen molar-refractivity contribution in [1.82, 2.24) is 10.2 Å². The number of nitrogens with one attached hydrogen (secondary N) is 1. The molecule has 32 heavy (non-hydrogen) atoms. The maximum absolute atomic E-state index is 13.2. The van der Waals surface area contributed by atoms with E-state index in [4.69, 9.17) is 19.9 Å². The standard InChI is InChI=1S/C20H23N3O8S/c1-11(2)31-20(22-14(24)9-29-13-6-4-3-5-7-13)17(27)23-15(16(25)26)12(8-30-19(21)28)10-32-18(20)23/h3-7,11,18H,8-10H2,1-2H3,(H2,21,28)(H,22,24)(H,25,26)/t18-,20?/m1/s1. The number of fused-ring (bicyclic) bond motifs is 1. The minimum absolute atomic E-state index is 0.128. The van der Waals surface area contributed by atoms with Gasteiger partial charge in [0.05, 0.1) is 6.10 Å². The summed E-state index contributed by atoms with van der Waals surface area (Å²) in [5, 5.41) is 11.4. The second kappa shape index (κ2) is 9.49. The summed E-state index contributed by atoms with van der Waals surface area (Å²) in [4.78, 5) is 49.6. The van der Waals surface area contributed by atoms with Gasteiger partial charge in [0.2, 0.25) is 0 Å². The molecule has 1 fully saturated rings. The zero-order valence-electron chi connectivity index (χ0n) is 17.4. The van der Waals surface area contributed by atoms with Gasteiger partial charge in [-0.3, -0.25) is 14.5 Å². The summed E-state index contributed by atoms with van der Waals surface area (Å²) in [5.41, 5.74) is 3.09. The molecule has 2 heterocycles. The van der Waals surface area contributed by atoms with E-state index in [2.05, 4.69) is 5.32 Å². The number of para-hydroxylation sites is 1. The summed E-state index contributed by atoms with van der Waals surface area (Å²) >= 11 is 1.17. The van der Waals surface area contributed by atoms with E-state index in [0.29, 0.717) is 5.75 Å². The minimum atomic E-state index is -1.76. The fourth-order valence-corrected chi connectivity index (χ4v) is 4.77. The molecule has 2 aliphatic rings. The number of nitrogens with zero attached hydrogens (tertiary/aromatic N) is 1. The normalized spacial score (nSPS) is 22.2. The Morgan fingerprint density at radius 1 is 1.31 bits per heavy atom. The molecule has 0 aromatic heterocycles. The zero-order chi connectivity index (χ0) is 23.5. The molecule has 11 nitrogen and oxygen atoms in total. The average molecular weight is 465 g/mol. The topological polar surface area (TPSA) is 157 Å². The second-order valence-electron chi connectivity index (χ2n) is 7.26. The number of aliphatic carboxylic acids is 1. The number of carboxylic acids is 1. The van der Waals surface area contributed by atoms with Gasteiger partial charge < -0.3 is 30.4 Å². The Bertz CT molecular complexity index is 951. The first kappa shape index (κ1) is 23.4. The number of nitrogens with two attached hydrogens (primary N) is 1. The predicted molar refractivity (Wildman–Crippen MR) is 112 cm³/mol. The van der Waals surface area contributed by atoms with E-state index in [-0.39, 0.29) is 30.2 Å². The SMILES string of the molecule is CC(C)OC1(NC(=O)COc2ccccc2)C(=O)N2C(C(=O)O)=C(COC(N)=O)CS[C@@H]21. The lowest BCUT2D eigenvalue weighted by molar-refractivity contribution is -0.206. The molecule has 1 aromatic carbocycles. The van der Waals surface area contributed by atoms with Gasteiger partial charge in [-0.2, -0.15) is 0 Å². The molecule has 0 saturated carbocycles. The predicted octanol–water partition coefficient (Wildman–Crippen LogP) is 0.652. The molecular formula is C20H23N3O8S. The van der Waals surface area contributed by atoms with E-state index < -0.39 is 41.1 Å². The van der Waals surface area contributed by atoms with Crippen LogP contribution >= 0.6 is 11.8 Å². The Hall–Kier alpha value is -3.25.